The number of ether oxygens (including phenoxy) is 1. The van der Waals surface area contributed by atoms with Crippen LogP contribution in [-0.4, -0.2) is 45.3 Å². The number of nitrogen functional groups attached to an aromatic ring is 1. The maximum absolute atomic E-state index is 12.2. The zero-order valence-electron chi connectivity index (χ0n) is 11.7. The third kappa shape index (κ3) is 3.28. The van der Waals surface area contributed by atoms with E-state index in [9.17, 15) is 8.42 Å². The van der Waals surface area contributed by atoms with Gasteiger partial charge in [0.25, 0.3) is 0 Å². The molecule has 20 heavy (non-hydrogen) atoms. The summed E-state index contributed by atoms with van der Waals surface area (Å²) >= 11 is 1.55. The molecule has 0 amide bonds. The number of nitrogens with two attached hydrogens (primary N) is 1. The van der Waals surface area contributed by atoms with Crippen molar-refractivity contribution in [2.24, 2.45) is 0 Å². The fourth-order valence-electron chi connectivity index (χ4n) is 2.03. The lowest BCUT2D eigenvalue weighted by Crippen LogP contribution is -2.23. The monoisotopic (exact) mass is 316 g/mol. The van der Waals surface area contributed by atoms with Crippen molar-refractivity contribution in [1.29, 1.82) is 0 Å². The van der Waals surface area contributed by atoms with Crippen molar-refractivity contribution in [2.45, 2.75) is 28.7 Å². The number of rotatable bonds is 5. The Morgan fingerprint density at radius 2 is 2.20 bits per heavy atom. The predicted octanol–water partition coefficient (Wildman–Crippen LogP) is 1.79. The first-order valence-electron chi connectivity index (χ1n) is 6.48. The van der Waals surface area contributed by atoms with Crippen molar-refractivity contribution in [1.82, 2.24) is 4.31 Å². The molecular formula is C13H20N2O3S2. The van der Waals surface area contributed by atoms with Crippen LogP contribution >= 0.6 is 11.8 Å². The van der Waals surface area contributed by atoms with E-state index in [1.807, 2.05) is 6.07 Å². The first-order valence-corrected chi connectivity index (χ1v) is 8.91. The van der Waals surface area contributed by atoms with Gasteiger partial charge in [-0.15, -0.1) is 11.8 Å². The summed E-state index contributed by atoms with van der Waals surface area (Å²) in [6.07, 6.45) is 2.40. The summed E-state index contributed by atoms with van der Waals surface area (Å²) in [6.45, 7) is 0.815. The van der Waals surface area contributed by atoms with E-state index in [-0.39, 0.29) is 11.0 Å². The van der Waals surface area contributed by atoms with Crippen LogP contribution in [0.4, 0.5) is 5.69 Å². The standard InChI is InChI=1S/C13H20N2O3S2/c1-15(2)20(16,17)12-7-3-6-11(13(12)14)19-9-10-5-4-8-18-10/h3,6-7,10H,4-5,8-9,14H2,1-2H3. The Labute approximate surface area is 124 Å². The normalized spacial score (nSPS) is 19.6. The topological polar surface area (TPSA) is 72.6 Å². The molecule has 0 aliphatic carbocycles. The van der Waals surface area contributed by atoms with Gasteiger partial charge < -0.3 is 10.5 Å². The number of hydrogen-bond acceptors (Lipinski definition) is 5. The molecule has 0 aromatic heterocycles. The quantitative estimate of drug-likeness (QED) is 0.662. The smallest absolute Gasteiger partial charge is 0.244 e. The molecule has 1 atom stereocenters. The second-order valence-corrected chi connectivity index (χ2v) is 8.08. The average molecular weight is 316 g/mol. The van der Waals surface area contributed by atoms with Gasteiger partial charge in [0, 0.05) is 31.4 Å². The van der Waals surface area contributed by atoms with E-state index < -0.39 is 10.0 Å². The zero-order chi connectivity index (χ0) is 14.8. The summed E-state index contributed by atoms with van der Waals surface area (Å²) in [5, 5.41) is 0. The molecule has 1 aliphatic heterocycles. The number of nitrogens with zero attached hydrogens (tertiary/aromatic N) is 1. The van der Waals surface area contributed by atoms with Gasteiger partial charge in [-0.05, 0) is 25.0 Å². The van der Waals surface area contributed by atoms with Gasteiger partial charge in [-0.3, -0.25) is 0 Å². The molecule has 0 radical (unpaired) electrons. The van der Waals surface area contributed by atoms with Gasteiger partial charge in [0.2, 0.25) is 10.0 Å². The second-order valence-electron chi connectivity index (χ2n) is 4.90. The van der Waals surface area contributed by atoms with Crippen molar-refractivity contribution in [3.63, 3.8) is 0 Å². The number of hydrogen-bond donors (Lipinski definition) is 1. The van der Waals surface area contributed by atoms with Crippen LogP contribution in [0.5, 0.6) is 0 Å². The Morgan fingerprint density at radius 1 is 1.45 bits per heavy atom. The molecule has 5 nitrogen and oxygen atoms in total. The second kappa shape index (κ2) is 6.34. The molecular weight excluding hydrogens is 296 g/mol. The molecule has 7 heteroatoms. The van der Waals surface area contributed by atoms with Crippen LogP contribution in [0.2, 0.25) is 0 Å². The number of anilines is 1. The molecule has 112 valence electrons. The van der Waals surface area contributed by atoms with Crippen molar-refractivity contribution < 1.29 is 13.2 Å². The Bertz CT molecular complexity index is 567. The predicted molar refractivity (Wildman–Crippen MR) is 81.4 cm³/mol. The maximum Gasteiger partial charge on any atom is 0.244 e. The SMILES string of the molecule is CN(C)S(=O)(=O)c1cccc(SCC2CCCO2)c1N. The average Bonchev–Trinajstić information content (AvgIpc) is 2.90. The Morgan fingerprint density at radius 3 is 2.80 bits per heavy atom. The largest absolute Gasteiger partial charge is 0.397 e. The van der Waals surface area contributed by atoms with E-state index in [4.69, 9.17) is 10.5 Å². The Balaban J connectivity index is 2.19. The Kier molecular flexibility index (Phi) is 4.95. The molecule has 0 saturated carbocycles. The first-order chi connectivity index (χ1) is 9.43. The minimum Gasteiger partial charge on any atom is -0.397 e. The molecule has 2 rings (SSSR count). The van der Waals surface area contributed by atoms with E-state index in [0.717, 1.165) is 30.1 Å². The molecule has 1 fully saturated rings. The molecule has 0 spiro atoms. The molecule has 1 heterocycles. The van der Waals surface area contributed by atoms with E-state index in [2.05, 4.69) is 0 Å². The van der Waals surface area contributed by atoms with Gasteiger partial charge in [-0.1, -0.05) is 6.07 Å². The van der Waals surface area contributed by atoms with Crippen LogP contribution in [0.1, 0.15) is 12.8 Å². The summed E-state index contributed by atoms with van der Waals surface area (Å²) in [6, 6.07) is 5.12. The van der Waals surface area contributed by atoms with E-state index in [1.165, 1.54) is 18.4 Å². The summed E-state index contributed by atoms with van der Waals surface area (Å²) < 4.78 is 31.1. The van der Waals surface area contributed by atoms with Crippen molar-refractivity contribution in [3.8, 4) is 0 Å². The van der Waals surface area contributed by atoms with Crippen LogP contribution in [0.25, 0.3) is 0 Å². The van der Waals surface area contributed by atoms with Gasteiger partial charge in [-0.25, -0.2) is 12.7 Å². The summed E-state index contributed by atoms with van der Waals surface area (Å²) in [4.78, 5) is 0.961. The molecule has 1 aromatic rings. The third-order valence-electron chi connectivity index (χ3n) is 3.23. The van der Waals surface area contributed by atoms with Crippen molar-refractivity contribution >= 4 is 27.5 Å². The van der Waals surface area contributed by atoms with E-state index in [1.54, 1.807) is 23.9 Å². The fourth-order valence-corrected chi connectivity index (χ4v) is 4.19. The van der Waals surface area contributed by atoms with Crippen molar-refractivity contribution in [2.75, 3.05) is 32.2 Å². The first kappa shape index (κ1) is 15.6. The van der Waals surface area contributed by atoms with Crippen LogP contribution in [0.15, 0.2) is 28.0 Å². The van der Waals surface area contributed by atoms with Gasteiger partial charge in [0.15, 0.2) is 0 Å². The minimum atomic E-state index is -3.50. The van der Waals surface area contributed by atoms with Crippen molar-refractivity contribution in [3.05, 3.63) is 18.2 Å². The Hall–Kier alpha value is -0.760. The molecule has 0 bridgehead atoms. The van der Waals surface area contributed by atoms with E-state index in [0.29, 0.717) is 5.69 Å². The number of thioether (sulfide) groups is 1. The summed E-state index contributed by atoms with van der Waals surface area (Å²) in [5.74, 6) is 0.801. The molecule has 1 aromatic carbocycles. The molecule has 1 unspecified atom stereocenters. The zero-order valence-corrected chi connectivity index (χ0v) is 13.3. The lowest BCUT2D eigenvalue weighted by atomic mass is 10.3. The highest BCUT2D eigenvalue weighted by Crippen LogP contribution is 2.33. The van der Waals surface area contributed by atoms with Gasteiger partial charge in [0.05, 0.1) is 11.8 Å². The lowest BCUT2D eigenvalue weighted by Gasteiger charge is -2.16. The van der Waals surface area contributed by atoms with Crippen LogP contribution in [-0.2, 0) is 14.8 Å². The third-order valence-corrected chi connectivity index (χ3v) is 6.31. The van der Waals surface area contributed by atoms with Crippen LogP contribution in [0.3, 0.4) is 0 Å². The summed E-state index contributed by atoms with van der Waals surface area (Å²) in [5.41, 5.74) is 6.35. The highest BCUT2D eigenvalue weighted by Gasteiger charge is 2.22. The van der Waals surface area contributed by atoms with Gasteiger partial charge in [-0.2, -0.15) is 0 Å². The molecule has 1 aliphatic rings. The maximum atomic E-state index is 12.2. The van der Waals surface area contributed by atoms with Gasteiger partial charge >= 0.3 is 0 Å². The lowest BCUT2D eigenvalue weighted by molar-refractivity contribution is 0.129. The van der Waals surface area contributed by atoms with Gasteiger partial charge in [0.1, 0.15) is 4.90 Å². The van der Waals surface area contributed by atoms with E-state index >= 15 is 0 Å². The number of sulfonamides is 1. The van der Waals surface area contributed by atoms with Crippen LogP contribution in [0, 0.1) is 0 Å². The number of benzene rings is 1. The summed E-state index contributed by atoms with van der Waals surface area (Å²) in [7, 11) is -0.502. The highest BCUT2D eigenvalue weighted by atomic mass is 32.2. The number of para-hydroxylation sites is 1. The van der Waals surface area contributed by atoms with Crippen LogP contribution < -0.4 is 5.73 Å². The fraction of sp³-hybridized carbons (Fsp3) is 0.538. The highest BCUT2D eigenvalue weighted by molar-refractivity contribution is 7.99. The molecule has 2 N–H and O–H groups in total. The minimum absolute atomic E-state index is 0.167. The molecule has 1 saturated heterocycles.